The molecule has 0 aromatic carbocycles. The van der Waals surface area contributed by atoms with E-state index in [4.69, 9.17) is 5.11 Å². The van der Waals surface area contributed by atoms with Gasteiger partial charge in [-0.2, -0.15) is 0 Å². The third kappa shape index (κ3) is 1.89. The van der Waals surface area contributed by atoms with E-state index in [1.807, 2.05) is 0 Å². The Kier molecular flexibility index (Phi) is 2.37. The van der Waals surface area contributed by atoms with E-state index in [0.717, 1.165) is 13.8 Å². The minimum Gasteiger partial charge on any atom is -0.384 e. The zero-order valence-corrected chi connectivity index (χ0v) is 7.70. The van der Waals surface area contributed by atoms with Crippen LogP contribution in [-0.2, 0) is 0 Å². The standard InChI is InChI=1S/C8H16F2O/c1-6(2,3)8(9,10)7(4,5)11/h11H,1-5H3. The van der Waals surface area contributed by atoms with Gasteiger partial charge in [0.25, 0.3) is 5.92 Å². The Balaban J connectivity index is 4.75. The smallest absolute Gasteiger partial charge is 0.280 e. The van der Waals surface area contributed by atoms with Gasteiger partial charge in [-0.25, -0.2) is 8.78 Å². The molecule has 0 unspecified atom stereocenters. The Morgan fingerprint density at radius 1 is 0.909 bits per heavy atom. The molecular formula is C8H16F2O. The van der Waals surface area contributed by atoms with Gasteiger partial charge in [0, 0.05) is 5.41 Å². The van der Waals surface area contributed by atoms with Gasteiger partial charge in [-0.3, -0.25) is 0 Å². The average Bonchev–Trinajstić information content (AvgIpc) is 1.58. The van der Waals surface area contributed by atoms with Gasteiger partial charge in [0.05, 0.1) is 0 Å². The van der Waals surface area contributed by atoms with Gasteiger partial charge in [0.2, 0.25) is 0 Å². The Morgan fingerprint density at radius 3 is 1.18 bits per heavy atom. The maximum absolute atomic E-state index is 13.2. The van der Waals surface area contributed by atoms with Crippen LogP contribution in [0.25, 0.3) is 0 Å². The van der Waals surface area contributed by atoms with Crippen LogP contribution in [-0.4, -0.2) is 16.6 Å². The van der Waals surface area contributed by atoms with Crippen LogP contribution in [0.4, 0.5) is 8.78 Å². The van der Waals surface area contributed by atoms with Crippen molar-refractivity contribution in [2.24, 2.45) is 5.41 Å². The Morgan fingerprint density at radius 2 is 1.18 bits per heavy atom. The summed E-state index contributed by atoms with van der Waals surface area (Å²) in [6.07, 6.45) is 0. The van der Waals surface area contributed by atoms with Crippen LogP contribution in [0.15, 0.2) is 0 Å². The molecule has 0 saturated heterocycles. The summed E-state index contributed by atoms with van der Waals surface area (Å²) in [4.78, 5) is 0. The van der Waals surface area contributed by atoms with Crippen LogP contribution >= 0.6 is 0 Å². The van der Waals surface area contributed by atoms with Crippen molar-refractivity contribution in [3.8, 4) is 0 Å². The van der Waals surface area contributed by atoms with Gasteiger partial charge >= 0.3 is 0 Å². The molecule has 0 amide bonds. The third-order valence-corrected chi connectivity index (χ3v) is 1.71. The highest BCUT2D eigenvalue weighted by Gasteiger charge is 2.54. The Bertz CT molecular complexity index is 123. The molecule has 68 valence electrons. The van der Waals surface area contributed by atoms with Gasteiger partial charge in [-0.05, 0) is 13.8 Å². The number of rotatable bonds is 1. The molecule has 0 aliphatic carbocycles. The molecule has 0 spiro atoms. The summed E-state index contributed by atoms with van der Waals surface area (Å²) in [5, 5.41) is 9.13. The van der Waals surface area contributed by atoms with Gasteiger partial charge in [0.1, 0.15) is 5.60 Å². The van der Waals surface area contributed by atoms with E-state index < -0.39 is 16.9 Å². The number of aliphatic hydroxyl groups is 1. The summed E-state index contributed by atoms with van der Waals surface area (Å²) in [7, 11) is 0. The number of alkyl halides is 2. The molecule has 0 fully saturated rings. The topological polar surface area (TPSA) is 20.2 Å². The van der Waals surface area contributed by atoms with Crippen molar-refractivity contribution in [2.45, 2.75) is 46.1 Å². The summed E-state index contributed by atoms with van der Waals surface area (Å²) in [5.74, 6) is -3.07. The summed E-state index contributed by atoms with van der Waals surface area (Å²) in [6.45, 7) is 6.47. The molecule has 0 atom stereocenters. The predicted molar refractivity (Wildman–Crippen MR) is 40.7 cm³/mol. The second-order valence-corrected chi connectivity index (χ2v) is 4.38. The van der Waals surface area contributed by atoms with Crippen LogP contribution in [0.3, 0.4) is 0 Å². The molecule has 0 aromatic rings. The second-order valence-electron chi connectivity index (χ2n) is 4.38. The van der Waals surface area contributed by atoms with E-state index in [-0.39, 0.29) is 0 Å². The lowest BCUT2D eigenvalue weighted by Crippen LogP contribution is -2.51. The van der Waals surface area contributed by atoms with Crippen molar-refractivity contribution < 1.29 is 13.9 Å². The lowest BCUT2D eigenvalue weighted by Gasteiger charge is -2.38. The molecular weight excluding hydrogens is 150 g/mol. The number of hydrogen-bond acceptors (Lipinski definition) is 1. The van der Waals surface area contributed by atoms with Gasteiger partial charge in [-0.15, -0.1) is 0 Å². The predicted octanol–water partition coefficient (Wildman–Crippen LogP) is 2.44. The van der Waals surface area contributed by atoms with E-state index in [1.54, 1.807) is 0 Å². The molecule has 1 N–H and O–H groups in total. The highest BCUT2D eigenvalue weighted by molar-refractivity contribution is 4.94. The minimum absolute atomic E-state index is 1.12. The van der Waals surface area contributed by atoms with E-state index in [1.165, 1.54) is 20.8 Å². The fourth-order valence-electron chi connectivity index (χ4n) is 0.918. The van der Waals surface area contributed by atoms with E-state index in [2.05, 4.69) is 0 Å². The second kappa shape index (κ2) is 2.41. The van der Waals surface area contributed by atoms with Crippen LogP contribution in [0.1, 0.15) is 34.6 Å². The molecule has 0 aliphatic heterocycles. The molecule has 3 heteroatoms. The first-order valence-corrected chi connectivity index (χ1v) is 3.60. The lowest BCUT2D eigenvalue weighted by atomic mass is 9.79. The van der Waals surface area contributed by atoms with E-state index in [0.29, 0.717) is 0 Å². The highest BCUT2D eigenvalue weighted by Crippen LogP contribution is 2.43. The molecule has 0 radical (unpaired) electrons. The van der Waals surface area contributed by atoms with Crippen molar-refractivity contribution in [1.82, 2.24) is 0 Å². The zero-order chi connectivity index (χ0) is 9.50. The van der Waals surface area contributed by atoms with Crippen LogP contribution in [0, 0.1) is 5.41 Å². The van der Waals surface area contributed by atoms with Crippen LogP contribution in [0.5, 0.6) is 0 Å². The largest absolute Gasteiger partial charge is 0.384 e. The SMILES string of the molecule is CC(C)(C)C(F)(F)C(C)(C)O. The summed E-state index contributed by atoms with van der Waals surface area (Å²) in [5.41, 5.74) is -3.16. The zero-order valence-electron chi connectivity index (χ0n) is 7.70. The molecule has 0 aromatic heterocycles. The van der Waals surface area contributed by atoms with Crippen molar-refractivity contribution in [2.75, 3.05) is 0 Å². The quantitative estimate of drug-likeness (QED) is 0.634. The highest BCUT2D eigenvalue weighted by atomic mass is 19.3. The monoisotopic (exact) mass is 166 g/mol. The Hall–Kier alpha value is -0.180. The first kappa shape index (κ1) is 10.8. The molecule has 0 bridgehead atoms. The summed E-state index contributed by atoms with van der Waals surface area (Å²) >= 11 is 0. The Labute approximate surface area is 66.4 Å². The van der Waals surface area contributed by atoms with Gasteiger partial charge < -0.3 is 5.11 Å². The van der Waals surface area contributed by atoms with E-state index >= 15 is 0 Å². The number of halogens is 2. The molecule has 11 heavy (non-hydrogen) atoms. The molecule has 0 aliphatic rings. The van der Waals surface area contributed by atoms with Crippen molar-refractivity contribution >= 4 is 0 Å². The van der Waals surface area contributed by atoms with Crippen molar-refractivity contribution in [1.29, 1.82) is 0 Å². The fourth-order valence-corrected chi connectivity index (χ4v) is 0.918. The molecule has 0 heterocycles. The number of hydrogen-bond donors (Lipinski definition) is 1. The lowest BCUT2D eigenvalue weighted by molar-refractivity contribution is -0.217. The summed E-state index contributed by atoms with van der Waals surface area (Å²) in [6, 6.07) is 0. The average molecular weight is 166 g/mol. The maximum atomic E-state index is 13.2. The van der Waals surface area contributed by atoms with E-state index in [9.17, 15) is 8.78 Å². The maximum Gasteiger partial charge on any atom is 0.280 e. The van der Waals surface area contributed by atoms with Crippen molar-refractivity contribution in [3.63, 3.8) is 0 Å². The first-order chi connectivity index (χ1) is 4.50. The van der Waals surface area contributed by atoms with Crippen LogP contribution in [0.2, 0.25) is 0 Å². The fraction of sp³-hybridized carbons (Fsp3) is 1.00. The van der Waals surface area contributed by atoms with Crippen molar-refractivity contribution in [3.05, 3.63) is 0 Å². The molecule has 1 nitrogen and oxygen atoms in total. The van der Waals surface area contributed by atoms with Crippen LogP contribution < -0.4 is 0 Å². The van der Waals surface area contributed by atoms with Gasteiger partial charge in [-0.1, -0.05) is 20.8 Å². The summed E-state index contributed by atoms with van der Waals surface area (Å²) < 4.78 is 26.4. The first-order valence-electron chi connectivity index (χ1n) is 3.60. The molecule has 0 rings (SSSR count). The minimum atomic E-state index is -3.07. The van der Waals surface area contributed by atoms with Gasteiger partial charge in [0.15, 0.2) is 0 Å². The third-order valence-electron chi connectivity index (χ3n) is 1.71. The molecule has 0 saturated carbocycles. The normalized spacial score (nSPS) is 15.3.